The largest absolute Gasteiger partial charge is 0.367 e. The summed E-state index contributed by atoms with van der Waals surface area (Å²) in [4.78, 5) is 20.1. The van der Waals surface area contributed by atoms with E-state index in [-0.39, 0.29) is 0 Å². The summed E-state index contributed by atoms with van der Waals surface area (Å²) in [6, 6.07) is 11.5. The lowest BCUT2D eigenvalue weighted by Crippen LogP contribution is -2.47. The Morgan fingerprint density at radius 3 is 2.43 bits per heavy atom. The monoisotopic (exact) mass is 301 g/mol. The van der Waals surface area contributed by atoms with E-state index in [0.29, 0.717) is 10.6 Å². The molecule has 5 heteroatoms. The van der Waals surface area contributed by atoms with Gasteiger partial charge in [-0.15, -0.1) is 0 Å². The first-order valence-corrected chi connectivity index (χ1v) is 7.32. The van der Waals surface area contributed by atoms with Gasteiger partial charge >= 0.3 is 0 Å². The summed E-state index contributed by atoms with van der Waals surface area (Å²) in [5.74, 6) is 0.999. The van der Waals surface area contributed by atoms with Gasteiger partial charge in [0, 0.05) is 38.1 Å². The van der Waals surface area contributed by atoms with Crippen LogP contribution in [0.5, 0.6) is 0 Å². The molecule has 1 aliphatic rings. The number of pyridine rings is 1. The van der Waals surface area contributed by atoms with Crippen LogP contribution in [0.25, 0.3) is 0 Å². The smallest absolute Gasteiger partial charge is 0.153 e. The number of carbonyl (C=O) groups is 1. The Kier molecular flexibility index (Phi) is 4.06. The van der Waals surface area contributed by atoms with Crippen molar-refractivity contribution in [3.8, 4) is 0 Å². The summed E-state index contributed by atoms with van der Waals surface area (Å²) < 4.78 is 0. The first-order valence-electron chi connectivity index (χ1n) is 6.94. The van der Waals surface area contributed by atoms with Crippen molar-refractivity contribution in [3.05, 3.63) is 53.2 Å². The average Bonchev–Trinajstić information content (AvgIpc) is 2.55. The first kappa shape index (κ1) is 13.9. The van der Waals surface area contributed by atoms with Crippen LogP contribution in [0, 0.1) is 0 Å². The summed E-state index contributed by atoms with van der Waals surface area (Å²) in [5, 5.41) is 0.509. The average molecular weight is 302 g/mol. The molecule has 0 unspecified atom stereocenters. The quantitative estimate of drug-likeness (QED) is 0.817. The molecule has 1 fully saturated rings. The summed E-state index contributed by atoms with van der Waals surface area (Å²) in [5.41, 5.74) is 1.49. The van der Waals surface area contributed by atoms with Gasteiger partial charge in [0.15, 0.2) is 6.29 Å². The molecule has 1 aromatic heterocycles. The molecule has 1 aromatic carbocycles. The molecule has 2 heterocycles. The highest BCUT2D eigenvalue weighted by Crippen LogP contribution is 2.27. The molecule has 21 heavy (non-hydrogen) atoms. The van der Waals surface area contributed by atoms with E-state index in [4.69, 9.17) is 11.6 Å². The van der Waals surface area contributed by atoms with E-state index in [9.17, 15) is 4.79 Å². The number of hydrogen-bond donors (Lipinski definition) is 0. The molecular weight excluding hydrogens is 286 g/mol. The first-order chi connectivity index (χ1) is 10.3. The van der Waals surface area contributed by atoms with Gasteiger partial charge in [0.2, 0.25) is 0 Å². The zero-order valence-corrected chi connectivity index (χ0v) is 12.3. The molecule has 0 spiro atoms. The fourth-order valence-corrected chi connectivity index (χ4v) is 2.85. The Hall–Kier alpha value is -2.07. The Morgan fingerprint density at radius 1 is 1.00 bits per heavy atom. The van der Waals surface area contributed by atoms with Crippen molar-refractivity contribution in [3.63, 3.8) is 0 Å². The third kappa shape index (κ3) is 2.85. The number of halogens is 1. The molecule has 0 amide bonds. The van der Waals surface area contributed by atoms with Crippen LogP contribution in [-0.4, -0.2) is 37.4 Å². The number of rotatable bonds is 3. The van der Waals surface area contributed by atoms with Gasteiger partial charge in [-0.25, -0.2) is 4.98 Å². The lowest BCUT2D eigenvalue weighted by molar-refractivity contribution is 0.112. The van der Waals surface area contributed by atoms with Gasteiger partial charge in [-0.05, 0) is 24.3 Å². The number of nitrogens with zero attached hydrogens (tertiary/aromatic N) is 3. The van der Waals surface area contributed by atoms with Crippen LogP contribution in [0.4, 0.5) is 11.5 Å². The second kappa shape index (κ2) is 6.14. The number of aldehydes is 1. The van der Waals surface area contributed by atoms with E-state index in [2.05, 4.69) is 14.8 Å². The van der Waals surface area contributed by atoms with Crippen molar-refractivity contribution < 1.29 is 4.79 Å². The number of anilines is 2. The van der Waals surface area contributed by atoms with Gasteiger partial charge in [-0.1, -0.05) is 23.7 Å². The van der Waals surface area contributed by atoms with Gasteiger partial charge in [0.1, 0.15) is 5.82 Å². The minimum absolute atomic E-state index is 0.509. The maximum atomic E-state index is 11.2. The predicted octanol–water partition coefficient (Wildman–Crippen LogP) is 2.87. The Bertz CT molecular complexity index is 625. The maximum absolute atomic E-state index is 11.2. The third-order valence-electron chi connectivity index (χ3n) is 3.74. The van der Waals surface area contributed by atoms with Crippen LogP contribution in [0.2, 0.25) is 5.02 Å². The molecule has 0 atom stereocenters. The number of hydrogen-bond acceptors (Lipinski definition) is 4. The Labute approximate surface area is 129 Å². The molecule has 0 radical (unpaired) electrons. The molecule has 0 saturated carbocycles. The molecule has 3 rings (SSSR count). The normalized spacial score (nSPS) is 15.1. The SMILES string of the molecule is O=Cc1c(Cl)cccc1N1CCN(c2ccccn2)CC1. The highest BCUT2D eigenvalue weighted by Gasteiger charge is 2.20. The van der Waals surface area contributed by atoms with Crippen molar-refractivity contribution in [2.24, 2.45) is 0 Å². The van der Waals surface area contributed by atoms with Crippen LogP contribution in [0.3, 0.4) is 0 Å². The number of carbonyl (C=O) groups excluding carboxylic acids is 1. The molecule has 108 valence electrons. The highest BCUT2D eigenvalue weighted by atomic mass is 35.5. The van der Waals surface area contributed by atoms with Crippen LogP contribution in [-0.2, 0) is 0 Å². The van der Waals surface area contributed by atoms with Crippen molar-refractivity contribution in [2.75, 3.05) is 36.0 Å². The summed E-state index contributed by atoms with van der Waals surface area (Å²) in [6.07, 6.45) is 2.64. The molecule has 1 aliphatic heterocycles. The molecule has 0 aliphatic carbocycles. The Balaban J connectivity index is 1.75. The van der Waals surface area contributed by atoms with Crippen LogP contribution < -0.4 is 9.80 Å². The third-order valence-corrected chi connectivity index (χ3v) is 4.07. The minimum atomic E-state index is 0.509. The molecule has 0 bridgehead atoms. The van der Waals surface area contributed by atoms with Crippen molar-refractivity contribution in [2.45, 2.75) is 0 Å². The predicted molar refractivity (Wildman–Crippen MR) is 85.5 cm³/mol. The maximum Gasteiger partial charge on any atom is 0.153 e. The van der Waals surface area contributed by atoms with E-state index in [1.165, 1.54) is 0 Å². The lowest BCUT2D eigenvalue weighted by Gasteiger charge is -2.37. The van der Waals surface area contributed by atoms with Crippen LogP contribution in [0.15, 0.2) is 42.6 Å². The zero-order valence-electron chi connectivity index (χ0n) is 11.6. The summed E-state index contributed by atoms with van der Waals surface area (Å²) in [7, 11) is 0. The Morgan fingerprint density at radius 2 is 1.76 bits per heavy atom. The van der Waals surface area contributed by atoms with E-state index in [1.54, 1.807) is 6.07 Å². The van der Waals surface area contributed by atoms with Gasteiger partial charge in [0.25, 0.3) is 0 Å². The molecule has 2 aromatic rings. The number of aromatic nitrogens is 1. The van der Waals surface area contributed by atoms with Crippen molar-refractivity contribution >= 4 is 29.4 Å². The van der Waals surface area contributed by atoms with E-state index in [1.807, 2.05) is 36.5 Å². The minimum Gasteiger partial charge on any atom is -0.367 e. The molecule has 0 N–H and O–H groups in total. The summed E-state index contributed by atoms with van der Waals surface area (Å²) in [6.45, 7) is 3.44. The van der Waals surface area contributed by atoms with E-state index < -0.39 is 0 Å². The second-order valence-corrected chi connectivity index (χ2v) is 5.36. The number of piperazine rings is 1. The van der Waals surface area contributed by atoms with E-state index in [0.717, 1.165) is 44.0 Å². The fraction of sp³-hybridized carbons (Fsp3) is 0.250. The van der Waals surface area contributed by atoms with Crippen LogP contribution in [0.1, 0.15) is 10.4 Å². The highest BCUT2D eigenvalue weighted by molar-refractivity contribution is 6.33. The topological polar surface area (TPSA) is 36.4 Å². The van der Waals surface area contributed by atoms with Crippen LogP contribution >= 0.6 is 11.6 Å². The van der Waals surface area contributed by atoms with Gasteiger partial charge in [-0.3, -0.25) is 4.79 Å². The zero-order chi connectivity index (χ0) is 14.7. The van der Waals surface area contributed by atoms with Gasteiger partial charge in [-0.2, -0.15) is 0 Å². The molecular formula is C16H16ClN3O. The van der Waals surface area contributed by atoms with E-state index >= 15 is 0 Å². The lowest BCUT2D eigenvalue weighted by atomic mass is 10.1. The summed E-state index contributed by atoms with van der Waals surface area (Å²) >= 11 is 6.09. The second-order valence-electron chi connectivity index (χ2n) is 4.95. The van der Waals surface area contributed by atoms with Gasteiger partial charge in [0.05, 0.1) is 10.6 Å². The molecule has 1 saturated heterocycles. The van der Waals surface area contributed by atoms with Crippen molar-refractivity contribution in [1.82, 2.24) is 4.98 Å². The van der Waals surface area contributed by atoms with Crippen molar-refractivity contribution in [1.29, 1.82) is 0 Å². The van der Waals surface area contributed by atoms with Gasteiger partial charge < -0.3 is 9.80 Å². The molecule has 4 nitrogen and oxygen atoms in total. The standard InChI is InChI=1S/C16H16ClN3O/c17-14-4-3-5-15(13(14)12-21)19-8-10-20(11-9-19)16-6-1-2-7-18-16/h1-7,12H,8-11H2. The number of benzene rings is 1. The fourth-order valence-electron chi connectivity index (χ4n) is 2.64.